The number of aryl methyl sites for hydroxylation is 1. The van der Waals surface area contributed by atoms with Gasteiger partial charge in [-0.25, -0.2) is 0 Å². The minimum absolute atomic E-state index is 0.0830. The van der Waals surface area contributed by atoms with Crippen molar-refractivity contribution in [3.63, 3.8) is 0 Å². The molecule has 8 heteroatoms. The third kappa shape index (κ3) is 3.38. The van der Waals surface area contributed by atoms with Crippen LogP contribution < -0.4 is 0 Å². The molecule has 2 atom stereocenters. The molecule has 0 amide bonds. The van der Waals surface area contributed by atoms with Gasteiger partial charge in [0, 0.05) is 45.5 Å². The zero-order valence-corrected chi connectivity index (χ0v) is 13.2. The van der Waals surface area contributed by atoms with E-state index in [-0.39, 0.29) is 12.2 Å². The molecule has 0 N–H and O–H groups in total. The molecule has 0 bridgehead atoms. The highest BCUT2D eigenvalue weighted by atomic mass is 32.2. The fourth-order valence-corrected chi connectivity index (χ4v) is 3.91. The van der Waals surface area contributed by atoms with Crippen molar-refractivity contribution in [3.05, 3.63) is 18.0 Å². The lowest BCUT2D eigenvalue weighted by molar-refractivity contribution is -0.0453. The monoisotopic (exact) mass is 302 g/mol. The van der Waals surface area contributed by atoms with E-state index in [9.17, 15) is 8.42 Å². The second-order valence-electron chi connectivity index (χ2n) is 5.36. The molecule has 0 aromatic carbocycles. The van der Waals surface area contributed by atoms with Gasteiger partial charge in [-0.05, 0) is 13.8 Å². The summed E-state index contributed by atoms with van der Waals surface area (Å²) in [4.78, 5) is 0. The lowest BCUT2D eigenvalue weighted by Crippen LogP contribution is -2.52. The first-order valence-electron chi connectivity index (χ1n) is 6.63. The van der Waals surface area contributed by atoms with Crippen LogP contribution in [0.2, 0.25) is 0 Å². The van der Waals surface area contributed by atoms with Crippen molar-refractivity contribution in [2.45, 2.75) is 32.6 Å². The van der Waals surface area contributed by atoms with Crippen LogP contribution in [-0.4, -0.2) is 59.2 Å². The van der Waals surface area contributed by atoms with E-state index in [1.807, 2.05) is 27.1 Å². The maximum atomic E-state index is 12.6. The SMILES string of the molecule is C[C@H]1CN(S(=O)(=O)N(C)Cc2cnn(C)c2)C[C@H](C)O1. The van der Waals surface area contributed by atoms with Crippen molar-refractivity contribution in [2.75, 3.05) is 20.1 Å². The van der Waals surface area contributed by atoms with Gasteiger partial charge in [0.15, 0.2) is 0 Å². The Morgan fingerprint density at radius 1 is 1.40 bits per heavy atom. The molecule has 7 nitrogen and oxygen atoms in total. The molecular weight excluding hydrogens is 280 g/mol. The van der Waals surface area contributed by atoms with Crippen LogP contribution in [0.5, 0.6) is 0 Å². The number of ether oxygens (including phenoxy) is 1. The summed E-state index contributed by atoms with van der Waals surface area (Å²) in [6.07, 6.45) is 3.33. The first kappa shape index (κ1) is 15.4. The average molecular weight is 302 g/mol. The molecule has 0 saturated carbocycles. The Morgan fingerprint density at radius 2 is 2.00 bits per heavy atom. The molecule has 1 aliphatic heterocycles. The van der Waals surface area contributed by atoms with E-state index in [1.54, 1.807) is 17.9 Å². The zero-order valence-electron chi connectivity index (χ0n) is 12.4. The third-order valence-electron chi connectivity index (χ3n) is 3.27. The maximum absolute atomic E-state index is 12.6. The summed E-state index contributed by atoms with van der Waals surface area (Å²) in [7, 11) is -0.0679. The molecule has 1 fully saturated rings. The Kier molecular flexibility index (Phi) is 4.48. The first-order chi connectivity index (χ1) is 9.29. The van der Waals surface area contributed by atoms with Crippen LogP contribution >= 0.6 is 0 Å². The zero-order chi connectivity index (χ0) is 14.9. The van der Waals surface area contributed by atoms with Gasteiger partial charge in [-0.15, -0.1) is 0 Å². The van der Waals surface area contributed by atoms with E-state index >= 15 is 0 Å². The summed E-state index contributed by atoms with van der Waals surface area (Å²) in [5.74, 6) is 0. The summed E-state index contributed by atoms with van der Waals surface area (Å²) in [6.45, 7) is 4.88. The highest BCUT2D eigenvalue weighted by molar-refractivity contribution is 7.86. The van der Waals surface area contributed by atoms with Gasteiger partial charge < -0.3 is 4.74 Å². The summed E-state index contributed by atoms with van der Waals surface area (Å²) in [5, 5.41) is 4.05. The number of morpholine rings is 1. The average Bonchev–Trinajstić information content (AvgIpc) is 2.73. The predicted molar refractivity (Wildman–Crippen MR) is 75.2 cm³/mol. The number of hydrogen-bond donors (Lipinski definition) is 0. The molecule has 2 heterocycles. The van der Waals surface area contributed by atoms with Gasteiger partial charge in [-0.1, -0.05) is 0 Å². The van der Waals surface area contributed by atoms with Crippen molar-refractivity contribution in [2.24, 2.45) is 7.05 Å². The Labute approximate surface area is 120 Å². The van der Waals surface area contributed by atoms with E-state index in [0.29, 0.717) is 19.6 Å². The molecule has 1 aromatic heterocycles. The van der Waals surface area contributed by atoms with E-state index in [1.165, 1.54) is 8.61 Å². The Bertz CT molecular complexity index is 547. The van der Waals surface area contributed by atoms with Crippen molar-refractivity contribution >= 4 is 10.2 Å². The van der Waals surface area contributed by atoms with Gasteiger partial charge in [-0.2, -0.15) is 22.1 Å². The molecule has 0 unspecified atom stereocenters. The number of nitrogens with zero attached hydrogens (tertiary/aromatic N) is 4. The number of aromatic nitrogens is 2. The molecule has 0 aliphatic carbocycles. The van der Waals surface area contributed by atoms with E-state index in [4.69, 9.17) is 4.74 Å². The van der Waals surface area contributed by atoms with Crippen LogP contribution in [0.25, 0.3) is 0 Å². The molecule has 1 saturated heterocycles. The van der Waals surface area contributed by atoms with Gasteiger partial charge in [-0.3, -0.25) is 4.68 Å². The van der Waals surface area contributed by atoms with Crippen LogP contribution in [0.3, 0.4) is 0 Å². The first-order valence-corrected chi connectivity index (χ1v) is 8.03. The van der Waals surface area contributed by atoms with Crippen LogP contribution in [0, 0.1) is 0 Å². The second-order valence-corrected chi connectivity index (χ2v) is 7.40. The lowest BCUT2D eigenvalue weighted by atomic mass is 10.3. The standard InChI is InChI=1S/C12H22N4O3S/c1-10-6-16(7-11(2)19-10)20(17,18)15(4)9-12-5-13-14(3)8-12/h5,8,10-11H,6-7,9H2,1-4H3/t10-,11-/m0/s1. The molecule has 1 aliphatic rings. The largest absolute Gasteiger partial charge is 0.373 e. The summed E-state index contributed by atoms with van der Waals surface area (Å²) >= 11 is 0. The van der Waals surface area contributed by atoms with E-state index in [2.05, 4.69) is 5.10 Å². The molecule has 114 valence electrons. The number of hydrogen-bond acceptors (Lipinski definition) is 4. The third-order valence-corrected chi connectivity index (χ3v) is 5.14. The van der Waals surface area contributed by atoms with Crippen molar-refractivity contribution in [1.82, 2.24) is 18.4 Å². The smallest absolute Gasteiger partial charge is 0.282 e. The van der Waals surface area contributed by atoms with Gasteiger partial charge in [0.25, 0.3) is 10.2 Å². The van der Waals surface area contributed by atoms with Crippen LogP contribution in [0.1, 0.15) is 19.4 Å². The summed E-state index contributed by atoms with van der Waals surface area (Å²) < 4.78 is 35.2. The van der Waals surface area contributed by atoms with Gasteiger partial charge in [0.2, 0.25) is 0 Å². The highest BCUT2D eigenvalue weighted by Crippen LogP contribution is 2.18. The maximum Gasteiger partial charge on any atom is 0.282 e. The second kappa shape index (κ2) is 5.80. The van der Waals surface area contributed by atoms with Crippen molar-refractivity contribution in [3.8, 4) is 0 Å². The molecule has 20 heavy (non-hydrogen) atoms. The Morgan fingerprint density at radius 3 is 2.50 bits per heavy atom. The molecule has 1 aromatic rings. The quantitative estimate of drug-likeness (QED) is 0.797. The highest BCUT2D eigenvalue weighted by Gasteiger charge is 2.33. The van der Waals surface area contributed by atoms with Crippen molar-refractivity contribution in [1.29, 1.82) is 0 Å². The molecular formula is C12H22N4O3S. The normalized spacial score (nSPS) is 25.2. The minimum atomic E-state index is -3.47. The van der Waals surface area contributed by atoms with Crippen LogP contribution in [-0.2, 0) is 28.5 Å². The molecule has 0 radical (unpaired) electrons. The minimum Gasteiger partial charge on any atom is -0.373 e. The van der Waals surface area contributed by atoms with Gasteiger partial charge in [0.1, 0.15) is 0 Å². The topological polar surface area (TPSA) is 67.7 Å². The fraction of sp³-hybridized carbons (Fsp3) is 0.750. The Balaban J connectivity index is 2.08. The van der Waals surface area contributed by atoms with E-state index in [0.717, 1.165) is 5.56 Å². The molecule has 0 spiro atoms. The molecule has 2 rings (SSSR count). The number of rotatable bonds is 4. The fourth-order valence-electron chi connectivity index (χ4n) is 2.41. The summed E-state index contributed by atoms with van der Waals surface area (Å²) in [5.41, 5.74) is 0.868. The van der Waals surface area contributed by atoms with E-state index < -0.39 is 10.2 Å². The predicted octanol–water partition coefficient (Wildman–Crippen LogP) is 0.206. The van der Waals surface area contributed by atoms with Crippen LogP contribution in [0.4, 0.5) is 0 Å². The van der Waals surface area contributed by atoms with Gasteiger partial charge in [0.05, 0.1) is 18.4 Å². The Hall–Kier alpha value is -0.960. The van der Waals surface area contributed by atoms with Crippen LogP contribution in [0.15, 0.2) is 12.4 Å². The lowest BCUT2D eigenvalue weighted by Gasteiger charge is -2.36. The summed E-state index contributed by atoms with van der Waals surface area (Å²) in [6, 6.07) is 0. The van der Waals surface area contributed by atoms with Crippen molar-refractivity contribution < 1.29 is 13.2 Å². The van der Waals surface area contributed by atoms with Gasteiger partial charge >= 0.3 is 0 Å².